The minimum absolute atomic E-state index is 0.0231. The number of halogens is 2. The first kappa shape index (κ1) is 26.8. The lowest BCUT2D eigenvalue weighted by Gasteiger charge is -2.55. The molecule has 3 heterocycles. The van der Waals surface area contributed by atoms with Crippen molar-refractivity contribution in [1.82, 2.24) is 25.0 Å². The number of nitrogens with one attached hydrogen (secondary N) is 2. The summed E-state index contributed by atoms with van der Waals surface area (Å²) in [6, 6.07) is 2.91. The molecule has 39 heavy (non-hydrogen) atoms. The van der Waals surface area contributed by atoms with Crippen molar-refractivity contribution in [2.75, 3.05) is 19.6 Å². The third-order valence-electron chi connectivity index (χ3n) is 7.96. The number of hydrogen-bond donors (Lipinski definition) is 3. The van der Waals surface area contributed by atoms with Crippen LogP contribution >= 0.6 is 0 Å². The van der Waals surface area contributed by atoms with E-state index < -0.39 is 40.2 Å². The van der Waals surface area contributed by atoms with E-state index in [1.807, 2.05) is 0 Å². The van der Waals surface area contributed by atoms with Gasteiger partial charge in [0.1, 0.15) is 23.4 Å². The van der Waals surface area contributed by atoms with Crippen LogP contribution in [0.15, 0.2) is 29.2 Å². The Morgan fingerprint density at radius 2 is 1.87 bits per heavy atom. The van der Waals surface area contributed by atoms with E-state index >= 15 is 0 Å². The predicted molar refractivity (Wildman–Crippen MR) is 136 cm³/mol. The first-order valence-corrected chi connectivity index (χ1v) is 13.2. The molecule has 0 radical (unpaired) electrons. The normalized spacial score (nSPS) is 22.5. The molecule has 208 valence electrons. The molecule has 10 nitrogen and oxygen atoms in total. The molecule has 0 bridgehead atoms. The standard InChI is InChI=1S/C27H31F2N5O5/c1-15(35)30-8-9-32-12-17-4-2-3-5-21(17)34-22(32)14-33-13-19(24(36)25(37)23(33)27(34)39)26(38)31-11-16-6-7-18(28)10-20(16)29/h6-7,10,13,17,21-22,37H,2-5,8-9,11-12,14H2,1H3,(H,30,35)(H,31,38)/t17-,21-,22-/m0/s1. The number of nitrogens with zero attached hydrogens (tertiary/aromatic N) is 3. The summed E-state index contributed by atoms with van der Waals surface area (Å²) in [4.78, 5) is 55.0. The Labute approximate surface area is 223 Å². The zero-order valence-electron chi connectivity index (χ0n) is 21.6. The van der Waals surface area contributed by atoms with Crippen molar-refractivity contribution in [2.24, 2.45) is 5.92 Å². The molecule has 0 spiro atoms. The van der Waals surface area contributed by atoms with Gasteiger partial charge in [0.15, 0.2) is 11.4 Å². The Kier molecular flexibility index (Phi) is 7.39. The second kappa shape index (κ2) is 10.8. The highest BCUT2D eigenvalue weighted by molar-refractivity contribution is 5.99. The Hall–Kier alpha value is -3.80. The SMILES string of the molecule is CC(=O)NCCN1C[C@@H]2CCCC[C@@H]2N2C(=O)c3c(O)c(=O)c(C(=O)NCc4ccc(F)cc4F)cn3C[C@@H]12. The van der Waals surface area contributed by atoms with Crippen LogP contribution in [0.25, 0.3) is 0 Å². The summed E-state index contributed by atoms with van der Waals surface area (Å²) >= 11 is 0. The zero-order valence-corrected chi connectivity index (χ0v) is 21.6. The van der Waals surface area contributed by atoms with Gasteiger partial charge in [0.25, 0.3) is 11.8 Å². The van der Waals surface area contributed by atoms with Crippen LogP contribution in [-0.4, -0.2) is 69.0 Å². The number of amides is 3. The first-order valence-electron chi connectivity index (χ1n) is 13.2. The third kappa shape index (κ3) is 5.12. The molecule has 5 rings (SSSR count). The van der Waals surface area contributed by atoms with Gasteiger partial charge in [-0.1, -0.05) is 18.9 Å². The highest BCUT2D eigenvalue weighted by atomic mass is 19.1. The summed E-state index contributed by atoms with van der Waals surface area (Å²) in [6.07, 6.45) is 4.71. The number of aromatic nitrogens is 1. The van der Waals surface area contributed by atoms with Crippen LogP contribution in [0.5, 0.6) is 5.75 Å². The molecule has 1 aliphatic carbocycles. The summed E-state index contributed by atoms with van der Waals surface area (Å²) in [5.41, 5.74) is -1.52. The number of pyridine rings is 1. The number of aromatic hydroxyl groups is 1. The van der Waals surface area contributed by atoms with Crippen molar-refractivity contribution in [3.63, 3.8) is 0 Å². The van der Waals surface area contributed by atoms with E-state index in [1.54, 1.807) is 4.90 Å². The van der Waals surface area contributed by atoms with Gasteiger partial charge in [-0.15, -0.1) is 0 Å². The fourth-order valence-corrected chi connectivity index (χ4v) is 6.11. The van der Waals surface area contributed by atoms with E-state index in [-0.39, 0.29) is 48.4 Å². The van der Waals surface area contributed by atoms with Gasteiger partial charge < -0.3 is 25.2 Å². The number of rotatable bonds is 6. The van der Waals surface area contributed by atoms with Crippen LogP contribution in [-0.2, 0) is 17.9 Å². The molecule has 1 aromatic carbocycles. The minimum Gasteiger partial charge on any atom is -0.503 e. The topological polar surface area (TPSA) is 124 Å². The predicted octanol–water partition coefficient (Wildman–Crippen LogP) is 1.55. The van der Waals surface area contributed by atoms with E-state index in [9.17, 15) is 33.1 Å². The fourth-order valence-electron chi connectivity index (χ4n) is 6.11. The molecule has 1 aromatic heterocycles. The van der Waals surface area contributed by atoms with Crippen molar-refractivity contribution in [1.29, 1.82) is 0 Å². The molecule has 0 unspecified atom stereocenters. The molecule has 2 fully saturated rings. The van der Waals surface area contributed by atoms with E-state index in [1.165, 1.54) is 23.8 Å². The summed E-state index contributed by atoms with van der Waals surface area (Å²) in [6.45, 7) is 3.01. The molecule has 1 saturated carbocycles. The van der Waals surface area contributed by atoms with Crippen LogP contribution in [0.1, 0.15) is 59.0 Å². The maximum absolute atomic E-state index is 14.0. The molecule has 3 aliphatic rings. The molecule has 12 heteroatoms. The largest absolute Gasteiger partial charge is 0.503 e. The summed E-state index contributed by atoms with van der Waals surface area (Å²) in [5, 5.41) is 16.1. The van der Waals surface area contributed by atoms with Gasteiger partial charge >= 0.3 is 0 Å². The average Bonchev–Trinajstić information content (AvgIpc) is 2.89. The first-order chi connectivity index (χ1) is 18.7. The second-order valence-electron chi connectivity index (χ2n) is 10.4. The van der Waals surface area contributed by atoms with Gasteiger partial charge in [-0.2, -0.15) is 0 Å². The molecule has 3 N–H and O–H groups in total. The summed E-state index contributed by atoms with van der Waals surface area (Å²) in [7, 11) is 0. The van der Waals surface area contributed by atoms with Crippen LogP contribution < -0.4 is 16.1 Å². The quantitative estimate of drug-likeness (QED) is 0.508. The highest BCUT2D eigenvalue weighted by Crippen LogP contribution is 2.39. The molecule has 1 saturated heterocycles. The summed E-state index contributed by atoms with van der Waals surface area (Å²) < 4.78 is 28.6. The van der Waals surface area contributed by atoms with E-state index in [2.05, 4.69) is 15.5 Å². The van der Waals surface area contributed by atoms with Crippen LogP contribution in [0.2, 0.25) is 0 Å². The van der Waals surface area contributed by atoms with Gasteiger partial charge in [0.05, 0.1) is 6.54 Å². The van der Waals surface area contributed by atoms with Crippen molar-refractivity contribution < 1.29 is 28.3 Å². The van der Waals surface area contributed by atoms with Crippen molar-refractivity contribution in [2.45, 2.75) is 57.9 Å². The van der Waals surface area contributed by atoms with Gasteiger partial charge in [0.2, 0.25) is 11.3 Å². The minimum atomic E-state index is -0.996. The highest BCUT2D eigenvalue weighted by Gasteiger charge is 2.48. The Morgan fingerprint density at radius 1 is 1.10 bits per heavy atom. The number of carbonyl (C=O) groups is 3. The smallest absolute Gasteiger partial charge is 0.276 e. The molecular weight excluding hydrogens is 512 g/mol. The molecule has 2 aliphatic heterocycles. The summed E-state index contributed by atoms with van der Waals surface area (Å²) in [5.74, 6) is -3.64. The maximum Gasteiger partial charge on any atom is 0.276 e. The molecule has 3 amide bonds. The lowest BCUT2D eigenvalue weighted by atomic mass is 9.80. The number of benzene rings is 1. The van der Waals surface area contributed by atoms with Crippen molar-refractivity contribution >= 4 is 17.7 Å². The molecular formula is C27H31F2N5O5. The van der Waals surface area contributed by atoms with Gasteiger partial charge in [-0.25, -0.2) is 8.78 Å². The number of hydrogen-bond acceptors (Lipinski definition) is 6. The monoisotopic (exact) mass is 543 g/mol. The zero-order chi connectivity index (χ0) is 27.8. The molecule has 3 atom stereocenters. The third-order valence-corrected chi connectivity index (χ3v) is 7.96. The van der Waals surface area contributed by atoms with Gasteiger partial charge in [-0.05, 0) is 24.8 Å². The number of carbonyl (C=O) groups excluding carboxylic acids is 3. The lowest BCUT2D eigenvalue weighted by Crippen LogP contribution is -2.68. The second-order valence-corrected chi connectivity index (χ2v) is 10.4. The Balaban J connectivity index is 1.44. The van der Waals surface area contributed by atoms with Crippen molar-refractivity contribution in [3.8, 4) is 5.75 Å². The maximum atomic E-state index is 14.0. The van der Waals surface area contributed by atoms with Gasteiger partial charge in [-0.3, -0.25) is 24.1 Å². The average molecular weight is 544 g/mol. The molecule has 2 aromatic rings. The van der Waals surface area contributed by atoms with Crippen LogP contribution in [0.3, 0.4) is 0 Å². The van der Waals surface area contributed by atoms with Crippen LogP contribution in [0, 0.1) is 17.6 Å². The van der Waals surface area contributed by atoms with Gasteiger partial charge in [0, 0.05) is 57.0 Å². The fraction of sp³-hybridized carbons (Fsp3) is 0.481. The van der Waals surface area contributed by atoms with E-state index in [4.69, 9.17) is 0 Å². The van der Waals surface area contributed by atoms with Crippen LogP contribution in [0.4, 0.5) is 8.78 Å². The van der Waals surface area contributed by atoms with Crippen molar-refractivity contribution in [3.05, 3.63) is 63.1 Å². The lowest BCUT2D eigenvalue weighted by molar-refractivity contribution is -0.119. The van der Waals surface area contributed by atoms with E-state index in [0.717, 1.165) is 38.3 Å². The van der Waals surface area contributed by atoms with E-state index in [0.29, 0.717) is 19.2 Å². The Bertz CT molecular complexity index is 1380. The Morgan fingerprint density at radius 3 is 2.62 bits per heavy atom. The number of fused-ring (bicyclic) bond motifs is 4.